The molecule has 3 nitrogen and oxygen atoms in total. The van der Waals surface area contributed by atoms with Crippen LogP contribution in [-0.4, -0.2) is 15.4 Å². The van der Waals surface area contributed by atoms with Crippen LogP contribution in [0.25, 0.3) is 0 Å². The summed E-state index contributed by atoms with van der Waals surface area (Å²) in [6.45, 7) is 3.89. The Bertz CT molecular complexity index is 542. The number of aryl methyl sites for hydroxylation is 1. The highest BCUT2D eigenvalue weighted by molar-refractivity contribution is 8.01. The molecule has 1 aromatic heterocycles. The third-order valence-corrected chi connectivity index (χ3v) is 4.97. The number of nitrogens with zero attached hydrogens (tertiary/aromatic N) is 2. The van der Waals surface area contributed by atoms with Crippen LogP contribution in [0.3, 0.4) is 0 Å². The first-order valence-corrected chi connectivity index (χ1v) is 7.76. The average molecular weight is 297 g/mol. The maximum Gasteiger partial charge on any atom is 0.170 e. The predicted molar refractivity (Wildman–Crippen MR) is 77.9 cm³/mol. The molecule has 0 saturated heterocycles. The summed E-state index contributed by atoms with van der Waals surface area (Å²) < 4.78 is 18.9. The van der Waals surface area contributed by atoms with Crippen LogP contribution in [0.4, 0.5) is 4.39 Å². The van der Waals surface area contributed by atoms with Gasteiger partial charge in [-0.3, -0.25) is 0 Å². The molecule has 2 N–H and O–H groups in total. The summed E-state index contributed by atoms with van der Waals surface area (Å²) in [4.78, 5) is 4.40. The van der Waals surface area contributed by atoms with Crippen molar-refractivity contribution in [2.75, 3.05) is 0 Å². The number of benzene rings is 1. The molecule has 1 aromatic carbocycles. The second kappa shape index (κ2) is 6.45. The van der Waals surface area contributed by atoms with Crippen LogP contribution in [0.15, 0.2) is 28.6 Å². The number of nitrogens with two attached hydrogens (primary N) is 1. The lowest BCUT2D eigenvalue weighted by Crippen LogP contribution is -2.23. The van der Waals surface area contributed by atoms with E-state index >= 15 is 0 Å². The van der Waals surface area contributed by atoms with Crippen molar-refractivity contribution >= 4 is 23.3 Å². The van der Waals surface area contributed by atoms with Crippen molar-refractivity contribution in [1.29, 1.82) is 0 Å². The van der Waals surface area contributed by atoms with Crippen LogP contribution in [0.1, 0.15) is 30.5 Å². The molecule has 102 valence electrons. The number of thioether (sulfide) groups is 1. The van der Waals surface area contributed by atoms with Gasteiger partial charge < -0.3 is 5.73 Å². The zero-order valence-electron chi connectivity index (χ0n) is 10.8. The van der Waals surface area contributed by atoms with E-state index in [0.717, 1.165) is 16.6 Å². The molecule has 6 heteroatoms. The summed E-state index contributed by atoms with van der Waals surface area (Å²) >= 11 is 2.82. The molecule has 0 bridgehead atoms. The van der Waals surface area contributed by atoms with Gasteiger partial charge in [-0.1, -0.05) is 36.9 Å². The van der Waals surface area contributed by atoms with E-state index in [0.29, 0.717) is 5.56 Å². The zero-order chi connectivity index (χ0) is 13.8. The van der Waals surface area contributed by atoms with E-state index in [1.807, 2.05) is 19.9 Å². The van der Waals surface area contributed by atoms with Crippen LogP contribution < -0.4 is 5.73 Å². The Labute approximate surface area is 120 Å². The third kappa shape index (κ3) is 3.52. The van der Waals surface area contributed by atoms with E-state index in [4.69, 9.17) is 5.73 Å². The number of halogens is 1. The molecular weight excluding hydrogens is 281 g/mol. The first-order chi connectivity index (χ1) is 9.11. The Kier molecular flexibility index (Phi) is 4.90. The maximum atomic E-state index is 13.9. The highest BCUT2D eigenvalue weighted by atomic mass is 32.2. The van der Waals surface area contributed by atoms with Crippen molar-refractivity contribution in [3.8, 4) is 0 Å². The molecule has 0 saturated carbocycles. The van der Waals surface area contributed by atoms with Gasteiger partial charge >= 0.3 is 0 Å². The molecule has 0 spiro atoms. The van der Waals surface area contributed by atoms with Crippen LogP contribution in [0.2, 0.25) is 0 Å². The number of rotatable bonds is 5. The number of hydrogen-bond acceptors (Lipinski definition) is 5. The molecule has 0 amide bonds. The van der Waals surface area contributed by atoms with Crippen LogP contribution in [-0.2, 0) is 6.42 Å². The normalized spacial score (nSPS) is 14.3. The largest absolute Gasteiger partial charge is 0.327 e. The average Bonchev–Trinajstić information content (AvgIpc) is 2.84. The lowest BCUT2D eigenvalue weighted by atomic mass is 10.1. The van der Waals surface area contributed by atoms with Gasteiger partial charge in [0.05, 0.1) is 5.25 Å². The molecule has 19 heavy (non-hydrogen) atoms. The van der Waals surface area contributed by atoms with Gasteiger partial charge in [0.2, 0.25) is 0 Å². The van der Waals surface area contributed by atoms with Crippen LogP contribution in [0.5, 0.6) is 0 Å². The van der Waals surface area contributed by atoms with E-state index in [-0.39, 0.29) is 17.1 Å². The fraction of sp³-hybridized carbons (Fsp3) is 0.385. The van der Waals surface area contributed by atoms with Gasteiger partial charge in [0.15, 0.2) is 4.34 Å². The van der Waals surface area contributed by atoms with E-state index in [1.165, 1.54) is 29.4 Å². The van der Waals surface area contributed by atoms with Crippen molar-refractivity contribution < 1.29 is 4.39 Å². The topological polar surface area (TPSA) is 51.8 Å². The fourth-order valence-corrected chi connectivity index (χ4v) is 3.70. The highest BCUT2D eigenvalue weighted by Crippen LogP contribution is 2.38. The monoisotopic (exact) mass is 297 g/mol. The summed E-state index contributed by atoms with van der Waals surface area (Å²) in [5.74, 6) is 0.599. The molecule has 2 rings (SSSR count). The molecule has 0 radical (unpaired) electrons. The van der Waals surface area contributed by atoms with Crippen LogP contribution >= 0.6 is 23.3 Å². The Morgan fingerprint density at radius 1 is 1.42 bits per heavy atom. The maximum absolute atomic E-state index is 13.9. The van der Waals surface area contributed by atoms with Crippen molar-refractivity contribution in [1.82, 2.24) is 9.36 Å². The second-order valence-electron chi connectivity index (χ2n) is 4.25. The van der Waals surface area contributed by atoms with Gasteiger partial charge in [-0.2, -0.15) is 4.37 Å². The smallest absolute Gasteiger partial charge is 0.170 e. The second-order valence-corrected chi connectivity index (χ2v) is 6.39. The molecule has 1 heterocycles. The number of aromatic nitrogens is 2. The third-order valence-electron chi connectivity index (χ3n) is 2.68. The quantitative estimate of drug-likeness (QED) is 0.859. The van der Waals surface area contributed by atoms with E-state index in [9.17, 15) is 4.39 Å². The first-order valence-electron chi connectivity index (χ1n) is 6.11. The SMILES string of the molecule is CCc1nsc(SC(c2ccccc2F)C(C)N)n1. The van der Waals surface area contributed by atoms with Gasteiger partial charge in [0.1, 0.15) is 11.6 Å². The van der Waals surface area contributed by atoms with Gasteiger partial charge in [0, 0.05) is 18.0 Å². The Morgan fingerprint density at radius 3 is 2.74 bits per heavy atom. The minimum Gasteiger partial charge on any atom is -0.327 e. The van der Waals surface area contributed by atoms with Crippen LogP contribution in [0, 0.1) is 5.82 Å². The fourth-order valence-electron chi connectivity index (χ4n) is 1.70. The summed E-state index contributed by atoms with van der Waals surface area (Å²) in [6, 6.07) is 6.57. The predicted octanol–water partition coefficient (Wildman–Crippen LogP) is 3.42. The zero-order valence-corrected chi connectivity index (χ0v) is 12.5. The standard InChI is InChI=1S/C13H16FN3S2/c1-3-11-16-13(19-17-11)18-12(8(2)15)9-6-4-5-7-10(9)14/h4-8,12H,3,15H2,1-2H3. The number of hydrogen-bond donors (Lipinski definition) is 1. The lowest BCUT2D eigenvalue weighted by molar-refractivity contribution is 0.592. The summed E-state index contributed by atoms with van der Waals surface area (Å²) in [5, 5.41) is -0.154. The van der Waals surface area contributed by atoms with E-state index < -0.39 is 0 Å². The molecular formula is C13H16FN3S2. The van der Waals surface area contributed by atoms with Crippen molar-refractivity contribution in [3.63, 3.8) is 0 Å². The summed E-state index contributed by atoms with van der Waals surface area (Å²) in [5.41, 5.74) is 6.61. The molecule has 0 aliphatic rings. The first kappa shape index (κ1) is 14.4. The molecule has 2 aromatic rings. The Balaban J connectivity index is 2.24. The van der Waals surface area contributed by atoms with Crippen molar-refractivity contribution in [2.24, 2.45) is 5.73 Å². The summed E-state index contributed by atoms with van der Waals surface area (Å²) in [6.07, 6.45) is 0.805. The van der Waals surface area contributed by atoms with Gasteiger partial charge in [-0.25, -0.2) is 9.37 Å². The Morgan fingerprint density at radius 2 is 2.16 bits per heavy atom. The minimum absolute atomic E-state index is 0.154. The van der Waals surface area contributed by atoms with Crippen molar-refractivity contribution in [2.45, 2.75) is 35.9 Å². The Hall–Kier alpha value is -0.980. The van der Waals surface area contributed by atoms with Gasteiger partial charge in [0.25, 0.3) is 0 Å². The van der Waals surface area contributed by atoms with Crippen molar-refractivity contribution in [3.05, 3.63) is 41.5 Å². The molecule has 0 aliphatic carbocycles. The molecule has 2 unspecified atom stereocenters. The minimum atomic E-state index is -0.225. The lowest BCUT2D eigenvalue weighted by Gasteiger charge is -2.19. The molecule has 0 aliphatic heterocycles. The van der Waals surface area contributed by atoms with Gasteiger partial charge in [-0.15, -0.1) is 0 Å². The summed E-state index contributed by atoms with van der Waals surface area (Å²) in [7, 11) is 0. The van der Waals surface area contributed by atoms with Gasteiger partial charge in [-0.05, 0) is 24.5 Å². The van der Waals surface area contributed by atoms with E-state index in [2.05, 4.69) is 9.36 Å². The molecule has 2 atom stereocenters. The molecule has 0 fully saturated rings. The van der Waals surface area contributed by atoms with E-state index in [1.54, 1.807) is 12.1 Å². The highest BCUT2D eigenvalue weighted by Gasteiger charge is 2.22.